The lowest BCUT2D eigenvalue weighted by molar-refractivity contribution is 0.0694. The van der Waals surface area contributed by atoms with E-state index in [1.54, 1.807) is 32.9 Å². The molecule has 0 radical (unpaired) electrons. The molecule has 0 spiro atoms. The number of aromatic nitrogens is 2. The molecule has 3 aromatic rings. The number of carbonyl (C=O) groups is 1. The Kier molecular flexibility index (Phi) is 3.95. The third-order valence-corrected chi connectivity index (χ3v) is 4.85. The van der Waals surface area contributed by atoms with Crippen LogP contribution in [0.25, 0.3) is 22.0 Å². The molecule has 6 nitrogen and oxygen atoms in total. The minimum absolute atomic E-state index is 0.0195. The molecule has 0 saturated heterocycles. The van der Waals surface area contributed by atoms with E-state index in [0.29, 0.717) is 17.0 Å². The van der Waals surface area contributed by atoms with E-state index in [1.165, 1.54) is 4.57 Å². The number of ether oxygens (including phenoxy) is 1. The van der Waals surface area contributed by atoms with Crippen LogP contribution in [0.2, 0.25) is 0 Å². The van der Waals surface area contributed by atoms with Crippen molar-refractivity contribution >= 4 is 16.9 Å². The number of hydrogen-bond acceptors (Lipinski definition) is 4. The second kappa shape index (κ2) is 6.12. The van der Waals surface area contributed by atoms with Gasteiger partial charge in [0.05, 0.1) is 22.5 Å². The fourth-order valence-corrected chi connectivity index (χ4v) is 3.67. The highest BCUT2D eigenvalue weighted by Crippen LogP contribution is 2.43. The smallest absolute Gasteiger partial charge is 0.341 e. The van der Waals surface area contributed by atoms with Crippen molar-refractivity contribution in [3.05, 3.63) is 57.1 Å². The molecule has 0 aliphatic carbocycles. The van der Waals surface area contributed by atoms with E-state index < -0.39 is 34.0 Å². The van der Waals surface area contributed by atoms with Crippen LogP contribution in [-0.4, -0.2) is 27.2 Å². The van der Waals surface area contributed by atoms with Gasteiger partial charge in [-0.1, -0.05) is 0 Å². The highest BCUT2D eigenvalue weighted by molar-refractivity contribution is 5.98. The van der Waals surface area contributed by atoms with E-state index in [-0.39, 0.29) is 29.5 Å². The molecule has 8 heteroatoms. The molecule has 0 fully saturated rings. The van der Waals surface area contributed by atoms with Crippen LogP contribution in [0.4, 0.5) is 8.78 Å². The summed E-state index contributed by atoms with van der Waals surface area (Å²) in [5, 5.41) is 8.68. The Labute approximate surface area is 158 Å². The number of nitrogens with zero attached hydrogens (tertiary/aromatic N) is 2. The molecule has 0 bridgehead atoms. The molecular formula is C20H16F2N2O4. The summed E-state index contributed by atoms with van der Waals surface area (Å²) in [6.07, 6.45) is 1.16. The predicted molar refractivity (Wildman–Crippen MR) is 98.0 cm³/mol. The minimum Gasteiger partial charge on any atom is -0.488 e. The lowest BCUT2D eigenvalue weighted by Gasteiger charge is -2.29. The average molecular weight is 386 g/mol. The summed E-state index contributed by atoms with van der Waals surface area (Å²) in [7, 11) is 0. The van der Waals surface area contributed by atoms with Crippen LogP contribution >= 0.6 is 0 Å². The Morgan fingerprint density at radius 3 is 2.50 bits per heavy atom. The van der Waals surface area contributed by atoms with Gasteiger partial charge in [0, 0.05) is 17.6 Å². The SMILES string of the molecule is Cc1cc(-c2c(F)c(F)c3c(=O)c(C(=O)O)cn4c3c2OCC4C)cc(C)n1. The van der Waals surface area contributed by atoms with E-state index in [2.05, 4.69) is 4.98 Å². The van der Waals surface area contributed by atoms with Crippen LogP contribution in [-0.2, 0) is 0 Å². The van der Waals surface area contributed by atoms with Gasteiger partial charge in [-0.15, -0.1) is 0 Å². The summed E-state index contributed by atoms with van der Waals surface area (Å²) >= 11 is 0. The van der Waals surface area contributed by atoms with E-state index in [9.17, 15) is 14.7 Å². The van der Waals surface area contributed by atoms with Gasteiger partial charge in [0.15, 0.2) is 17.4 Å². The summed E-state index contributed by atoms with van der Waals surface area (Å²) in [4.78, 5) is 28.3. The number of rotatable bonds is 2. The minimum atomic E-state index is -1.50. The van der Waals surface area contributed by atoms with Crippen LogP contribution in [0.3, 0.4) is 0 Å². The van der Waals surface area contributed by atoms with Gasteiger partial charge in [-0.05, 0) is 38.5 Å². The van der Waals surface area contributed by atoms with Crippen molar-refractivity contribution in [2.75, 3.05) is 6.61 Å². The predicted octanol–water partition coefficient (Wildman–Crippen LogP) is 3.61. The number of benzene rings is 1. The van der Waals surface area contributed by atoms with Crippen molar-refractivity contribution in [2.45, 2.75) is 26.8 Å². The molecule has 28 heavy (non-hydrogen) atoms. The lowest BCUT2D eigenvalue weighted by atomic mass is 9.97. The number of aromatic carboxylic acids is 1. The first-order valence-corrected chi connectivity index (χ1v) is 8.62. The third kappa shape index (κ3) is 2.48. The zero-order chi connectivity index (χ0) is 20.3. The van der Waals surface area contributed by atoms with Gasteiger partial charge >= 0.3 is 5.97 Å². The van der Waals surface area contributed by atoms with Crippen LogP contribution in [0.5, 0.6) is 5.75 Å². The molecule has 0 amide bonds. The molecule has 1 atom stereocenters. The lowest BCUT2D eigenvalue weighted by Crippen LogP contribution is -2.27. The molecule has 1 aromatic carbocycles. The van der Waals surface area contributed by atoms with Crippen LogP contribution in [0.1, 0.15) is 34.7 Å². The first-order valence-electron chi connectivity index (χ1n) is 8.62. The van der Waals surface area contributed by atoms with Crippen LogP contribution in [0.15, 0.2) is 23.1 Å². The van der Waals surface area contributed by atoms with Crippen molar-refractivity contribution in [3.63, 3.8) is 0 Å². The summed E-state index contributed by atoms with van der Waals surface area (Å²) < 4.78 is 37.4. The van der Waals surface area contributed by atoms with E-state index >= 15 is 8.78 Å². The Bertz CT molecular complexity index is 1210. The van der Waals surface area contributed by atoms with Gasteiger partial charge in [-0.3, -0.25) is 9.78 Å². The monoisotopic (exact) mass is 386 g/mol. The topological polar surface area (TPSA) is 81.4 Å². The van der Waals surface area contributed by atoms with Crippen molar-refractivity contribution in [3.8, 4) is 16.9 Å². The normalized spacial score (nSPS) is 15.5. The van der Waals surface area contributed by atoms with E-state index in [1.807, 2.05) is 0 Å². The fourth-order valence-electron chi connectivity index (χ4n) is 3.67. The number of carboxylic acids is 1. The van der Waals surface area contributed by atoms with Crippen molar-refractivity contribution in [1.82, 2.24) is 9.55 Å². The highest BCUT2D eigenvalue weighted by Gasteiger charge is 2.32. The van der Waals surface area contributed by atoms with Crippen molar-refractivity contribution in [1.29, 1.82) is 0 Å². The zero-order valence-electron chi connectivity index (χ0n) is 15.3. The maximum atomic E-state index is 15.1. The second-order valence-corrected chi connectivity index (χ2v) is 6.94. The Balaban J connectivity index is 2.23. The Morgan fingerprint density at radius 1 is 1.25 bits per heavy atom. The first kappa shape index (κ1) is 18.1. The average Bonchev–Trinajstić information content (AvgIpc) is 2.61. The van der Waals surface area contributed by atoms with Gasteiger partial charge in [-0.25, -0.2) is 13.6 Å². The molecule has 1 N–H and O–H groups in total. The number of aryl methyl sites for hydroxylation is 2. The number of carboxylic acid groups (broad SMARTS) is 1. The van der Waals surface area contributed by atoms with E-state index in [4.69, 9.17) is 4.74 Å². The Hall–Kier alpha value is -3.29. The van der Waals surface area contributed by atoms with Gasteiger partial charge in [0.2, 0.25) is 5.43 Å². The van der Waals surface area contributed by atoms with Crippen molar-refractivity contribution < 1.29 is 23.4 Å². The summed E-state index contributed by atoms with van der Waals surface area (Å²) in [5.41, 5.74) is -0.156. The molecule has 1 aliphatic heterocycles. The number of halogens is 2. The summed E-state index contributed by atoms with van der Waals surface area (Å²) in [5.74, 6) is -4.13. The molecule has 4 rings (SSSR count). The quantitative estimate of drug-likeness (QED) is 0.728. The van der Waals surface area contributed by atoms with Crippen LogP contribution in [0, 0.1) is 25.5 Å². The number of pyridine rings is 2. The fraction of sp³-hybridized carbons (Fsp3) is 0.250. The number of hydrogen-bond donors (Lipinski definition) is 1. The summed E-state index contributed by atoms with van der Waals surface area (Å²) in [6, 6.07) is 2.83. The molecule has 0 saturated carbocycles. The maximum absolute atomic E-state index is 15.1. The third-order valence-electron chi connectivity index (χ3n) is 4.85. The molecule has 1 aliphatic rings. The Morgan fingerprint density at radius 2 is 1.89 bits per heavy atom. The van der Waals surface area contributed by atoms with Gasteiger partial charge in [0.1, 0.15) is 12.2 Å². The standard InChI is InChI=1S/C20H16F2N2O4/c1-8-4-11(5-9(2)23-8)13-15(21)16(22)14-17-19(13)28-7-10(3)24(17)6-12(18(14)25)20(26)27/h4-6,10H,7H2,1-3H3,(H,26,27). The largest absolute Gasteiger partial charge is 0.488 e. The highest BCUT2D eigenvalue weighted by atomic mass is 19.2. The summed E-state index contributed by atoms with van der Waals surface area (Å²) in [6.45, 7) is 5.32. The van der Waals surface area contributed by atoms with Crippen molar-refractivity contribution in [2.24, 2.45) is 0 Å². The molecule has 1 unspecified atom stereocenters. The zero-order valence-corrected chi connectivity index (χ0v) is 15.3. The van der Waals surface area contributed by atoms with Gasteiger partial charge < -0.3 is 14.4 Å². The van der Waals surface area contributed by atoms with Gasteiger partial charge in [0.25, 0.3) is 0 Å². The van der Waals surface area contributed by atoms with Crippen LogP contribution < -0.4 is 10.2 Å². The van der Waals surface area contributed by atoms with Gasteiger partial charge in [-0.2, -0.15) is 0 Å². The molecule has 3 heterocycles. The maximum Gasteiger partial charge on any atom is 0.341 e. The molecule has 144 valence electrons. The molecule has 2 aromatic heterocycles. The first-order chi connectivity index (χ1) is 13.2. The van der Waals surface area contributed by atoms with E-state index in [0.717, 1.165) is 6.20 Å². The molecular weight excluding hydrogens is 370 g/mol. The second-order valence-electron chi connectivity index (χ2n) is 6.94.